The van der Waals surface area contributed by atoms with Crippen molar-refractivity contribution in [2.24, 2.45) is 0 Å². The van der Waals surface area contributed by atoms with Gasteiger partial charge in [-0.15, -0.1) is 0 Å². The zero-order valence-corrected chi connectivity index (χ0v) is 11.1. The number of anilines is 1. The number of hydrogen-bond donors (Lipinski definition) is 1. The molecule has 2 aromatic rings. The van der Waals surface area contributed by atoms with Crippen LogP contribution in [0.4, 0.5) is 5.69 Å². The quantitative estimate of drug-likeness (QED) is 0.929. The molecule has 1 aromatic heterocycles. The summed E-state index contributed by atoms with van der Waals surface area (Å²) in [4.78, 5) is 4.29. The van der Waals surface area contributed by atoms with Gasteiger partial charge in [0.2, 0.25) is 5.88 Å². The van der Waals surface area contributed by atoms with Crippen LogP contribution in [-0.4, -0.2) is 12.1 Å². The molecule has 4 nitrogen and oxygen atoms in total. The van der Waals surface area contributed by atoms with Gasteiger partial charge in [0, 0.05) is 6.07 Å². The van der Waals surface area contributed by atoms with Crippen LogP contribution >= 0.6 is 11.6 Å². The van der Waals surface area contributed by atoms with Gasteiger partial charge in [0.1, 0.15) is 0 Å². The summed E-state index contributed by atoms with van der Waals surface area (Å²) in [5, 5.41) is 12.6. The molecular formula is C14H12ClN3O. The summed E-state index contributed by atoms with van der Waals surface area (Å²) in [6.07, 6.45) is 0. The van der Waals surface area contributed by atoms with E-state index in [4.69, 9.17) is 21.6 Å². The SMILES string of the molecule is COc1cccc(CNc2cc(C#N)ccc2Cl)n1. The molecule has 0 unspecified atom stereocenters. The molecule has 2 rings (SSSR count). The van der Waals surface area contributed by atoms with E-state index in [0.29, 0.717) is 28.7 Å². The number of ether oxygens (including phenoxy) is 1. The first-order chi connectivity index (χ1) is 9.22. The van der Waals surface area contributed by atoms with Crippen molar-refractivity contribution in [1.82, 2.24) is 4.98 Å². The van der Waals surface area contributed by atoms with Gasteiger partial charge in [-0.1, -0.05) is 17.7 Å². The number of aromatic nitrogens is 1. The van der Waals surface area contributed by atoms with Crippen LogP contribution in [0, 0.1) is 11.3 Å². The molecule has 0 amide bonds. The third-order valence-corrected chi connectivity index (χ3v) is 2.88. The standard InChI is InChI=1S/C14H12ClN3O/c1-19-14-4-2-3-11(18-14)9-17-13-7-10(8-16)5-6-12(13)15/h2-7,17H,9H2,1H3. The molecule has 0 bridgehead atoms. The van der Waals surface area contributed by atoms with E-state index in [0.717, 1.165) is 5.69 Å². The zero-order chi connectivity index (χ0) is 13.7. The molecule has 0 aliphatic carbocycles. The van der Waals surface area contributed by atoms with Crippen LogP contribution in [0.3, 0.4) is 0 Å². The number of methoxy groups -OCH3 is 1. The van der Waals surface area contributed by atoms with Gasteiger partial charge in [-0.2, -0.15) is 5.26 Å². The van der Waals surface area contributed by atoms with Crippen LogP contribution in [0.25, 0.3) is 0 Å². The van der Waals surface area contributed by atoms with Crippen LogP contribution in [0.15, 0.2) is 36.4 Å². The normalized spacial score (nSPS) is 9.74. The van der Waals surface area contributed by atoms with Crippen molar-refractivity contribution in [1.29, 1.82) is 5.26 Å². The lowest BCUT2D eigenvalue weighted by Crippen LogP contribution is -2.03. The lowest BCUT2D eigenvalue weighted by atomic mass is 10.2. The maximum absolute atomic E-state index is 8.86. The second kappa shape index (κ2) is 6.07. The number of nitrogens with zero attached hydrogens (tertiary/aromatic N) is 2. The van der Waals surface area contributed by atoms with Crippen molar-refractivity contribution < 1.29 is 4.74 Å². The average molecular weight is 274 g/mol. The van der Waals surface area contributed by atoms with Crippen molar-refractivity contribution in [2.45, 2.75) is 6.54 Å². The van der Waals surface area contributed by atoms with E-state index in [1.807, 2.05) is 12.1 Å². The number of nitriles is 1. The monoisotopic (exact) mass is 273 g/mol. The summed E-state index contributed by atoms with van der Waals surface area (Å²) in [7, 11) is 1.58. The molecule has 1 aromatic carbocycles. The Balaban J connectivity index is 2.12. The van der Waals surface area contributed by atoms with Crippen molar-refractivity contribution in [3.63, 3.8) is 0 Å². The van der Waals surface area contributed by atoms with Crippen LogP contribution in [0.5, 0.6) is 5.88 Å². The lowest BCUT2D eigenvalue weighted by molar-refractivity contribution is 0.396. The minimum Gasteiger partial charge on any atom is -0.481 e. The fourth-order valence-electron chi connectivity index (χ4n) is 1.59. The van der Waals surface area contributed by atoms with E-state index in [-0.39, 0.29) is 0 Å². The van der Waals surface area contributed by atoms with Gasteiger partial charge in [0.05, 0.1) is 41.7 Å². The predicted octanol–water partition coefficient (Wildman–Crippen LogP) is 3.23. The highest BCUT2D eigenvalue weighted by Crippen LogP contribution is 2.23. The van der Waals surface area contributed by atoms with Crippen LogP contribution < -0.4 is 10.1 Å². The second-order valence-electron chi connectivity index (χ2n) is 3.83. The molecular weight excluding hydrogens is 262 g/mol. The molecule has 19 heavy (non-hydrogen) atoms. The molecule has 1 N–H and O–H groups in total. The molecule has 0 saturated carbocycles. The van der Waals surface area contributed by atoms with Gasteiger partial charge in [0.25, 0.3) is 0 Å². The molecule has 0 fully saturated rings. The van der Waals surface area contributed by atoms with Gasteiger partial charge in [-0.05, 0) is 24.3 Å². The summed E-state index contributed by atoms with van der Waals surface area (Å²) in [5.74, 6) is 0.566. The Labute approximate surface area is 116 Å². The predicted molar refractivity (Wildman–Crippen MR) is 74.3 cm³/mol. The summed E-state index contributed by atoms with van der Waals surface area (Å²) in [5.41, 5.74) is 2.11. The molecule has 0 aliphatic heterocycles. The number of rotatable bonds is 4. The van der Waals surface area contributed by atoms with E-state index in [9.17, 15) is 0 Å². The highest BCUT2D eigenvalue weighted by atomic mass is 35.5. The number of pyridine rings is 1. The second-order valence-corrected chi connectivity index (χ2v) is 4.24. The van der Waals surface area contributed by atoms with E-state index >= 15 is 0 Å². The molecule has 0 aliphatic rings. The first-order valence-electron chi connectivity index (χ1n) is 5.66. The molecule has 5 heteroatoms. The minimum atomic E-state index is 0.506. The Morgan fingerprint density at radius 3 is 2.95 bits per heavy atom. The lowest BCUT2D eigenvalue weighted by Gasteiger charge is -2.09. The summed E-state index contributed by atoms with van der Waals surface area (Å²) in [6, 6.07) is 12.7. The van der Waals surface area contributed by atoms with E-state index in [1.165, 1.54) is 0 Å². The van der Waals surface area contributed by atoms with Crippen molar-refractivity contribution >= 4 is 17.3 Å². The topological polar surface area (TPSA) is 57.9 Å². The fourth-order valence-corrected chi connectivity index (χ4v) is 1.77. The van der Waals surface area contributed by atoms with Crippen LogP contribution in [0.1, 0.15) is 11.3 Å². The maximum Gasteiger partial charge on any atom is 0.213 e. The summed E-state index contributed by atoms with van der Waals surface area (Å²) < 4.78 is 5.06. The third-order valence-electron chi connectivity index (χ3n) is 2.55. The van der Waals surface area contributed by atoms with E-state index in [2.05, 4.69) is 16.4 Å². The molecule has 0 radical (unpaired) electrons. The average Bonchev–Trinajstić information content (AvgIpc) is 2.46. The Kier molecular flexibility index (Phi) is 4.22. The van der Waals surface area contributed by atoms with Gasteiger partial charge < -0.3 is 10.1 Å². The number of hydrogen-bond acceptors (Lipinski definition) is 4. The van der Waals surface area contributed by atoms with Gasteiger partial charge in [0.15, 0.2) is 0 Å². The molecule has 0 saturated heterocycles. The van der Waals surface area contributed by atoms with Gasteiger partial charge in [-0.3, -0.25) is 0 Å². The maximum atomic E-state index is 8.86. The first kappa shape index (κ1) is 13.2. The van der Waals surface area contributed by atoms with Crippen molar-refractivity contribution in [3.05, 3.63) is 52.7 Å². The zero-order valence-electron chi connectivity index (χ0n) is 10.4. The fraction of sp³-hybridized carbons (Fsp3) is 0.143. The smallest absolute Gasteiger partial charge is 0.213 e. The Morgan fingerprint density at radius 1 is 1.37 bits per heavy atom. The van der Waals surface area contributed by atoms with Crippen LogP contribution in [-0.2, 0) is 6.54 Å². The largest absolute Gasteiger partial charge is 0.481 e. The number of nitrogens with one attached hydrogen (secondary N) is 1. The van der Waals surface area contributed by atoms with Crippen molar-refractivity contribution in [2.75, 3.05) is 12.4 Å². The summed E-state index contributed by atoms with van der Waals surface area (Å²) >= 11 is 6.06. The van der Waals surface area contributed by atoms with Crippen LogP contribution in [0.2, 0.25) is 5.02 Å². The summed E-state index contributed by atoms with van der Waals surface area (Å²) in [6.45, 7) is 0.506. The van der Waals surface area contributed by atoms with Crippen molar-refractivity contribution in [3.8, 4) is 11.9 Å². The van der Waals surface area contributed by atoms with E-state index < -0.39 is 0 Å². The Bertz CT molecular complexity index is 622. The minimum absolute atomic E-state index is 0.506. The van der Waals surface area contributed by atoms with E-state index in [1.54, 1.807) is 31.4 Å². The number of halogens is 1. The first-order valence-corrected chi connectivity index (χ1v) is 6.04. The molecule has 1 heterocycles. The number of benzene rings is 1. The Morgan fingerprint density at radius 2 is 2.21 bits per heavy atom. The van der Waals surface area contributed by atoms with Gasteiger partial charge >= 0.3 is 0 Å². The molecule has 0 spiro atoms. The Hall–Kier alpha value is -2.25. The molecule has 96 valence electrons. The molecule has 0 atom stereocenters. The van der Waals surface area contributed by atoms with Gasteiger partial charge in [-0.25, -0.2) is 4.98 Å². The highest BCUT2D eigenvalue weighted by molar-refractivity contribution is 6.33. The third kappa shape index (κ3) is 3.36. The highest BCUT2D eigenvalue weighted by Gasteiger charge is 2.03.